The van der Waals surface area contributed by atoms with Gasteiger partial charge in [0, 0.05) is 12.6 Å². The summed E-state index contributed by atoms with van der Waals surface area (Å²) in [6, 6.07) is 1.41. The maximum absolute atomic E-state index is 13.8. The van der Waals surface area contributed by atoms with E-state index in [1.807, 2.05) is 0 Å². The number of anilines is 2. The van der Waals surface area contributed by atoms with E-state index in [-0.39, 0.29) is 23.1 Å². The molecule has 2 rings (SSSR count). The Bertz CT molecular complexity index is 578. The van der Waals surface area contributed by atoms with Crippen LogP contribution in [0, 0.1) is 5.95 Å². The molecule has 5 nitrogen and oxygen atoms in total. The van der Waals surface area contributed by atoms with Crippen LogP contribution in [0.4, 0.5) is 25.1 Å². The Balaban J connectivity index is 2.20. The van der Waals surface area contributed by atoms with Gasteiger partial charge in [-0.05, 0) is 27.2 Å². The van der Waals surface area contributed by atoms with E-state index in [2.05, 4.69) is 10.3 Å². The van der Waals surface area contributed by atoms with Crippen LogP contribution in [0.2, 0.25) is 5.02 Å². The number of carbonyl (C=O) groups is 1. The monoisotopic (exact) mass is 333 g/mol. The number of aromatic nitrogens is 1. The molecule has 22 heavy (non-hydrogen) atoms. The van der Waals surface area contributed by atoms with Crippen molar-refractivity contribution in [3.05, 3.63) is 17.0 Å². The molecule has 0 radical (unpaired) electrons. The largest absolute Gasteiger partial charge is 0.444 e. The van der Waals surface area contributed by atoms with Crippen molar-refractivity contribution >= 4 is 29.2 Å². The highest BCUT2D eigenvalue weighted by Gasteiger charge is 2.25. The van der Waals surface area contributed by atoms with Crippen molar-refractivity contribution in [2.45, 2.75) is 39.0 Å². The van der Waals surface area contributed by atoms with Crippen molar-refractivity contribution in [2.75, 3.05) is 23.3 Å². The summed E-state index contributed by atoms with van der Waals surface area (Å²) < 4.78 is 32.2. The van der Waals surface area contributed by atoms with E-state index in [0.29, 0.717) is 13.0 Å². The van der Waals surface area contributed by atoms with E-state index in [9.17, 15) is 13.6 Å². The van der Waals surface area contributed by atoms with Crippen LogP contribution in [-0.4, -0.2) is 35.9 Å². The molecule has 1 aromatic rings. The molecule has 0 aliphatic carbocycles. The van der Waals surface area contributed by atoms with Gasteiger partial charge in [-0.1, -0.05) is 11.6 Å². The van der Waals surface area contributed by atoms with Gasteiger partial charge in [-0.25, -0.2) is 14.2 Å². The maximum atomic E-state index is 13.8. The van der Waals surface area contributed by atoms with Crippen molar-refractivity contribution in [3.8, 4) is 0 Å². The number of rotatable bonds is 2. The van der Waals surface area contributed by atoms with E-state index in [1.54, 1.807) is 25.7 Å². The first-order valence-electron chi connectivity index (χ1n) is 6.91. The van der Waals surface area contributed by atoms with Gasteiger partial charge in [0.15, 0.2) is 0 Å². The second kappa shape index (κ2) is 6.24. The summed E-state index contributed by atoms with van der Waals surface area (Å²) in [7, 11) is 0. The maximum Gasteiger partial charge on any atom is 0.412 e. The van der Waals surface area contributed by atoms with Crippen LogP contribution in [0.3, 0.4) is 0 Å². The van der Waals surface area contributed by atoms with E-state index in [4.69, 9.17) is 16.3 Å². The van der Waals surface area contributed by atoms with Crippen LogP contribution in [0.5, 0.6) is 0 Å². The Morgan fingerprint density at radius 1 is 1.55 bits per heavy atom. The minimum atomic E-state index is -0.970. The number of amides is 1. The van der Waals surface area contributed by atoms with Gasteiger partial charge in [0.05, 0.1) is 12.2 Å². The van der Waals surface area contributed by atoms with Crippen LogP contribution in [0.15, 0.2) is 6.07 Å². The van der Waals surface area contributed by atoms with Gasteiger partial charge in [-0.15, -0.1) is 0 Å². The van der Waals surface area contributed by atoms with Gasteiger partial charge in [-0.2, -0.15) is 4.39 Å². The minimum Gasteiger partial charge on any atom is -0.444 e. The average molecular weight is 334 g/mol. The highest BCUT2D eigenvalue weighted by Crippen LogP contribution is 2.30. The number of halogens is 3. The third-order valence-corrected chi connectivity index (χ3v) is 3.35. The number of carbonyl (C=O) groups excluding carboxylic acids is 1. The Labute approximate surface area is 132 Å². The lowest BCUT2D eigenvalue weighted by Crippen LogP contribution is -2.27. The molecule has 2 heterocycles. The molecule has 0 unspecified atom stereocenters. The number of hydrogen-bond acceptors (Lipinski definition) is 4. The second-order valence-electron chi connectivity index (χ2n) is 6.09. The summed E-state index contributed by atoms with van der Waals surface area (Å²) in [5, 5.41) is 2.07. The summed E-state index contributed by atoms with van der Waals surface area (Å²) in [5.41, 5.74) is -0.651. The fourth-order valence-electron chi connectivity index (χ4n) is 2.08. The summed E-state index contributed by atoms with van der Waals surface area (Å²) in [4.78, 5) is 17.1. The van der Waals surface area contributed by atoms with E-state index in [1.165, 1.54) is 6.07 Å². The zero-order chi connectivity index (χ0) is 16.5. The van der Waals surface area contributed by atoms with Gasteiger partial charge < -0.3 is 9.64 Å². The molecule has 1 saturated heterocycles. The Kier molecular flexibility index (Phi) is 4.75. The average Bonchev–Trinajstić information content (AvgIpc) is 2.79. The quantitative estimate of drug-likeness (QED) is 0.837. The Hall–Kier alpha value is -1.63. The number of pyridine rings is 1. The van der Waals surface area contributed by atoms with Crippen LogP contribution in [0.1, 0.15) is 27.2 Å². The smallest absolute Gasteiger partial charge is 0.412 e. The van der Waals surface area contributed by atoms with Crippen LogP contribution in [0.25, 0.3) is 0 Å². The molecular formula is C14H18ClF2N3O2. The van der Waals surface area contributed by atoms with E-state index >= 15 is 0 Å². The minimum absolute atomic E-state index is 0.0423. The fraction of sp³-hybridized carbons (Fsp3) is 0.571. The topological polar surface area (TPSA) is 54.5 Å². The first-order chi connectivity index (χ1) is 10.2. The first kappa shape index (κ1) is 16.7. The molecule has 0 spiro atoms. The van der Waals surface area contributed by atoms with Crippen molar-refractivity contribution < 1.29 is 18.3 Å². The lowest BCUT2D eigenvalue weighted by Gasteiger charge is -2.21. The molecule has 1 aromatic heterocycles. The van der Waals surface area contributed by atoms with Gasteiger partial charge in [0.1, 0.15) is 22.6 Å². The predicted octanol–water partition coefficient (Wildman–Crippen LogP) is 3.77. The molecule has 1 amide bonds. The summed E-state index contributed by atoms with van der Waals surface area (Å²) >= 11 is 5.82. The Morgan fingerprint density at radius 3 is 2.77 bits per heavy atom. The number of ether oxygens (including phenoxy) is 1. The van der Waals surface area contributed by atoms with Crippen molar-refractivity contribution in [3.63, 3.8) is 0 Å². The SMILES string of the molecule is CC(C)(C)OC(=O)Nc1cc(N2CC[C@@H](F)C2)nc(F)c1Cl. The number of nitrogens with zero attached hydrogens (tertiary/aromatic N) is 2. The molecule has 1 aliphatic heterocycles. The molecule has 8 heteroatoms. The van der Waals surface area contributed by atoms with Gasteiger partial charge in [-0.3, -0.25) is 5.32 Å². The number of hydrogen-bond donors (Lipinski definition) is 1. The summed E-state index contributed by atoms with van der Waals surface area (Å²) in [6.45, 7) is 5.69. The van der Waals surface area contributed by atoms with Crippen LogP contribution >= 0.6 is 11.6 Å². The molecule has 1 N–H and O–H groups in total. The second-order valence-corrected chi connectivity index (χ2v) is 6.47. The third kappa shape index (κ3) is 4.19. The normalized spacial score (nSPS) is 18.5. The van der Waals surface area contributed by atoms with Gasteiger partial charge in [0.25, 0.3) is 0 Å². The fourth-order valence-corrected chi connectivity index (χ4v) is 2.22. The summed E-state index contributed by atoms with van der Waals surface area (Å²) in [5.74, 6) is -0.694. The lowest BCUT2D eigenvalue weighted by molar-refractivity contribution is 0.0636. The zero-order valence-corrected chi connectivity index (χ0v) is 13.4. The highest BCUT2D eigenvalue weighted by molar-refractivity contribution is 6.33. The summed E-state index contributed by atoms with van der Waals surface area (Å²) in [6.07, 6.45) is -1.36. The van der Waals surface area contributed by atoms with Gasteiger partial charge >= 0.3 is 6.09 Å². The van der Waals surface area contributed by atoms with Gasteiger partial charge in [0.2, 0.25) is 5.95 Å². The van der Waals surface area contributed by atoms with Crippen LogP contribution in [-0.2, 0) is 4.74 Å². The lowest BCUT2D eigenvalue weighted by atomic mass is 10.2. The number of alkyl halides is 1. The van der Waals surface area contributed by atoms with E-state index in [0.717, 1.165) is 0 Å². The molecule has 1 aliphatic rings. The third-order valence-electron chi connectivity index (χ3n) is 2.99. The highest BCUT2D eigenvalue weighted by atomic mass is 35.5. The van der Waals surface area contributed by atoms with E-state index < -0.39 is 23.8 Å². The molecule has 1 atom stereocenters. The standard InChI is InChI=1S/C14H18ClF2N3O2/c1-14(2,3)22-13(21)18-9-6-10(19-12(17)11(9)15)20-5-4-8(16)7-20/h6,8H,4-5,7H2,1-3H3,(H,18,19,21)/t8-/m1/s1. The van der Waals surface area contributed by atoms with Crippen molar-refractivity contribution in [1.29, 1.82) is 0 Å². The first-order valence-corrected chi connectivity index (χ1v) is 7.28. The predicted molar refractivity (Wildman–Crippen MR) is 80.8 cm³/mol. The molecule has 122 valence electrons. The van der Waals surface area contributed by atoms with Crippen LogP contribution < -0.4 is 10.2 Å². The molecule has 0 bridgehead atoms. The molecular weight excluding hydrogens is 316 g/mol. The molecule has 1 fully saturated rings. The molecule has 0 saturated carbocycles. The van der Waals surface area contributed by atoms with Crippen molar-refractivity contribution in [2.24, 2.45) is 0 Å². The Morgan fingerprint density at radius 2 is 2.23 bits per heavy atom. The zero-order valence-electron chi connectivity index (χ0n) is 12.6. The number of nitrogens with one attached hydrogen (secondary N) is 1. The molecule has 0 aromatic carbocycles. The van der Waals surface area contributed by atoms with Crippen molar-refractivity contribution in [1.82, 2.24) is 4.98 Å².